The van der Waals surface area contributed by atoms with Crippen molar-refractivity contribution in [3.05, 3.63) is 60.8 Å². The summed E-state index contributed by atoms with van der Waals surface area (Å²) < 4.78 is 34.5. The minimum atomic E-state index is -4.39. The van der Waals surface area contributed by atoms with Crippen LogP contribution < -0.4 is 0 Å². The summed E-state index contributed by atoms with van der Waals surface area (Å²) in [6.45, 7) is 4.39. The predicted molar refractivity (Wildman–Crippen MR) is 275 cm³/mol. The number of hydrogen-bond acceptors (Lipinski definition) is 7. The van der Waals surface area contributed by atoms with Crippen LogP contribution >= 0.6 is 7.82 Å². The van der Waals surface area contributed by atoms with Crippen molar-refractivity contribution in [3.63, 3.8) is 0 Å². The zero-order valence-electron chi connectivity index (χ0n) is 42.7. The lowest BCUT2D eigenvalue weighted by Gasteiger charge is -2.24. The fourth-order valence-corrected chi connectivity index (χ4v) is 7.85. The molecule has 2 unspecified atom stereocenters. The number of nitrogens with zero attached hydrogens (tertiary/aromatic N) is 1. The zero-order chi connectivity index (χ0) is 47.8. The number of carbonyl (C=O) groups is 2. The van der Waals surface area contributed by atoms with Crippen molar-refractivity contribution in [2.24, 2.45) is 0 Å². The highest BCUT2D eigenvalue weighted by atomic mass is 31.2. The van der Waals surface area contributed by atoms with Gasteiger partial charge in [-0.1, -0.05) is 190 Å². The molecule has 0 saturated heterocycles. The number of rotatable bonds is 48. The SMILES string of the molecule is CCCCCC/C=C\C/C=C\CCCCCCCCCC(=O)OCC(COP(=O)(O)OCC[N+](C)(C)C)OC(=O)CCCCCCCCCC/C=C\C/C=C\C/C=C\CCCCCCC. The lowest BCUT2D eigenvalue weighted by Crippen LogP contribution is -2.37. The van der Waals surface area contributed by atoms with Crippen molar-refractivity contribution in [3.8, 4) is 0 Å². The van der Waals surface area contributed by atoms with E-state index in [4.69, 9.17) is 18.5 Å². The van der Waals surface area contributed by atoms with E-state index in [1.807, 2.05) is 21.1 Å². The maximum Gasteiger partial charge on any atom is 0.472 e. The van der Waals surface area contributed by atoms with Crippen LogP contribution in [0.4, 0.5) is 0 Å². The maximum atomic E-state index is 12.8. The first-order valence-electron chi connectivity index (χ1n) is 26.5. The minimum Gasteiger partial charge on any atom is -0.462 e. The number of ether oxygens (including phenoxy) is 2. The molecule has 0 aromatic rings. The smallest absolute Gasteiger partial charge is 0.462 e. The van der Waals surface area contributed by atoms with Crippen LogP contribution in [0.15, 0.2) is 60.8 Å². The second-order valence-electron chi connectivity index (χ2n) is 18.9. The molecule has 0 amide bonds. The fraction of sp³-hybridized carbons (Fsp3) is 0.782. The van der Waals surface area contributed by atoms with E-state index in [2.05, 4.69) is 74.6 Å². The number of phosphoric acid groups is 1. The van der Waals surface area contributed by atoms with Crippen LogP contribution in [0.1, 0.15) is 226 Å². The molecule has 10 heteroatoms. The highest BCUT2D eigenvalue weighted by molar-refractivity contribution is 7.47. The first kappa shape index (κ1) is 62.7. The van der Waals surface area contributed by atoms with Crippen molar-refractivity contribution in [2.45, 2.75) is 232 Å². The van der Waals surface area contributed by atoms with Crippen LogP contribution in [0.25, 0.3) is 0 Å². The standard InChI is InChI=1S/C55H100NO8P/c1-6-8-10-12-14-16-18-20-22-24-26-27-28-29-30-32-34-36-38-40-42-44-46-48-55(58)64-53(52-63-65(59,60)62-50-49-56(3,4)5)51-61-54(57)47-45-43-41-39-37-35-33-31-25-23-21-19-17-15-13-11-9-7-2/h17-20,23-26,28-29,53H,6-16,21-22,27,30-52H2,1-5H3/p+1/b19-17-,20-18-,25-23-,26-24-,29-28-. The Labute approximate surface area is 400 Å². The van der Waals surface area contributed by atoms with Crippen molar-refractivity contribution in [1.29, 1.82) is 0 Å². The van der Waals surface area contributed by atoms with Gasteiger partial charge in [-0.25, -0.2) is 4.57 Å². The summed E-state index contributed by atoms with van der Waals surface area (Å²) in [6, 6.07) is 0. The number of hydrogen-bond donors (Lipinski definition) is 1. The van der Waals surface area contributed by atoms with Crippen molar-refractivity contribution < 1.29 is 42.1 Å². The molecule has 2 atom stereocenters. The molecule has 0 heterocycles. The highest BCUT2D eigenvalue weighted by Crippen LogP contribution is 2.43. The van der Waals surface area contributed by atoms with Crippen LogP contribution in [-0.4, -0.2) is 74.9 Å². The monoisotopic (exact) mass is 935 g/mol. The van der Waals surface area contributed by atoms with Gasteiger partial charge in [0.15, 0.2) is 6.10 Å². The van der Waals surface area contributed by atoms with Crippen LogP contribution in [0, 0.1) is 0 Å². The summed E-state index contributed by atoms with van der Waals surface area (Å²) in [4.78, 5) is 35.6. The van der Waals surface area contributed by atoms with Gasteiger partial charge in [0, 0.05) is 12.8 Å². The van der Waals surface area contributed by atoms with Gasteiger partial charge in [-0.05, 0) is 83.5 Å². The Kier molecular flexibility index (Phi) is 45.2. The van der Waals surface area contributed by atoms with Crippen LogP contribution in [0.5, 0.6) is 0 Å². The Bertz CT molecular complexity index is 1290. The van der Waals surface area contributed by atoms with Crippen LogP contribution in [-0.2, 0) is 32.7 Å². The molecule has 0 bridgehead atoms. The topological polar surface area (TPSA) is 108 Å². The molecule has 0 aromatic carbocycles. The van der Waals surface area contributed by atoms with E-state index in [-0.39, 0.29) is 32.0 Å². The van der Waals surface area contributed by atoms with Crippen molar-refractivity contribution >= 4 is 19.8 Å². The first-order chi connectivity index (χ1) is 31.5. The quantitative estimate of drug-likeness (QED) is 0.0211. The Morgan fingerprint density at radius 1 is 0.477 bits per heavy atom. The number of unbranched alkanes of at least 4 members (excludes halogenated alkanes) is 24. The van der Waals surface area contributed by atoms with Gasteiger partial charge in [-0.2, -0.15) is 0 Å². The molecule has 0 fully saturated rings. The fourth-order valence-electron chi connectivity index (χ4n) is 7.11. The van der Waals surface area contributed by atoms with Gasteiger partial charge in [0.25, 0.3) is 0 Å². The predicted octanol–water partition coefficient (Wildman–Crippen LogP) is 16.0. The molecule has 0 aromatic heterocycles. The second kappa shape index (κ2) is 46.8. The molecular weight excluding hydrogens is 834 g/mol. The van der Waals surface area contributed by atoms with Gasteiger partial charge in [0.05, 0.1) is 27.7 Å². The van der Waals surface area contributed by atoms with E-state index in [0.29, 0.717) is 17.4 Å². The average molecular weight is 935 g/mol. The number of quaternary nitrogens is 1. The summed E-state index contributed by atoms with van der Waals surface area (Å²) in [5.41, 5.74) is 0. The Balaban J connectivity index is 4.27. The third-order valence-corrected chi connectivity index (χ3v) is 12.3. The molecule has 378 valence electrons. The van der Waals surface area contributed by atoms with Gasteiger partial charge < -0.3 is 18.9 Å². The molecule has 1 N–H and O–H groups in total. The van der Waals surface area contributed by atoms with Crippen LogP contribution in [0.3, 0.4) is 0 Å². The third-order valence-electron chi connectivity index (χ3n) is 11.3. The van der Waals surface area contributed by atoms with E-state index in [0.717, 1.165) is 77.0 Å². The summed E-state index contributed by atoms with van der Waals surface area (Å²) in [5, 5.41) is 0. The van der Waals surface area contributed by atoms with E-state index in [1.54, 1.807) is 0 Å². The molecule has 0 aliphatic carbocycles. The lowest BCUT2D eigenvalue weighted by molar-refractivity contribution is -0.870. The Hall–Kier alpha value is -2.29. The van der Waals surface area contributed by atoms with Crippen LogP contribution in [0.2, 0.25) is 0 Å². The Morgan fingerprint density at radius 2 is 0.831 bits per heavy atom. The zero-order valence-corrected chi connectivity index (χ0v) is 43.6. The molecule has 0 spiro atoms. The van der Waals surface area contributed by atoms with Gasteiger partial charge in [0.2, 0.25) is 0 Å². The molecule has 65 heavy (non-hydrogen) atoms. The van der Waals surface area contributed by atoms with Gasteiger partial charge >= 0.3 is 19.8 Å². The van der Waals surface area contributed by atoms with Gasteiger partial charge in [-0.3, -0.25) is 18.6 Å². The highest BCUT2D eigenvalue weighted by Gasteiger charge is 2.27. The maximum absolute atomic E-state index is 12.8. The largest absolute Gasteiger partial charge is 0.472 e. The van der Waals surface area contributed by atoms with E-state index in [1.165, 1.54) is 116 Å². The van der Waals surface area contributed by atoms with E-state index < -0.39 is 26.5 Å². The molecule has 0 saturated carbocycles. The number of likely N-dealkylation sites (N-methyl/N-ethyl adjacent to an activating group) is 1. The first-order valence-corrected chi connectivity index (χ1v) is 28.0. The molecule has 0 aliphatic rings. The second-order valence-corrected chi connectivity index (χ2v) is 20.4. The summed E-state index contributed by atoms with van der Waals surface area (Å²) in [6.07, 6.45) is 58.4. The number of phosphoric ester groups is 1. The summed E-state index contributed by atoms with van der Waals surface area (Å²) in [7, 11) is 1.46. The van der Waals surface area contributed by atoms with Crippen molar-refractivity contribution in [2.75, 3.05) is 47.5 Å². The molecule has 0 aliphatic heterocycles. The van der Waals surface area contributed by atoms with Gasteiger partial charge in [0.1, 0.15) is 19.8 Å². The normalized spacial score (nSPS) is 13.9. The number of carbonyl (C=O) groups excluding carboxylic acids is 2. The minimum absolute atomic E-state index is 0.0266. The van der Waals surface area contributed by atoms with E-state index >= 15 is 0 Å². The molecular formula is C55H101NO8P+. The van der Waals surface area contributed by atoms with Gasteiger partial charge in [-0.15, -0.1) is 0 Å². The molecule has 0 rings (SSSR count). The molecule has 0 radical (unpaired) electrons. The summed E-state index contributed by atoms with van der Waals surface area (Å²) in [5.74, 6) is -0.814. The Morgan fingerprint density at radius 3 is 1.25 bits per heavy atom. The molecule has 9 nitrogen and oxygen atoms in total. The van der Waals surface area contributed by atoms with E-state index in [9.17, 15) is 19.0 Å². The van der Waals surface area contributed by atoms with Crippen molar-refractivity contribution in [1.82, 2.24) is 0 Å². The summed E-state index contributed by atoms with van der Waals surface area (Å²) >= 11 is 0. The third kappa shape index (κ3) is 51.0. The average Bonchev–Trinajstić information content (AvgIpc) is 3.26. The lowest BCUT2D eigenvalue weighted by atomic mass is 10.1. The number of allylic oxidation sites excluding steroid dienone is 10. The number of esters is 2.